The number of nitriles is 1. The van der Waals surface area contributed by atoms with Crippen LogP contribution < -0.4 is 4.90 Å². The number of likely N-dealkylation sites (tertiary alicyclic amines) is 1. The molecule has 2 saturated heterocycles. The molecule has 3 heterocycles. The van der Waals surface area contributed by atoms with Crippen LogP contribution in [0.4, 0.5) is 18.9 Å². The van der Waals surface area contributed by atoms with Crippen LogP contribution in [0.15, 0.2) is 42.7 Å². The minimum Gasteiger partial charge on any atom is -0.371 e. The second-order valence-electron chi connectivity index (χ2n) is 9.40. The lowest BCUT2D eigenvalue weighted by Gasteiger charge is -2.43. The van der Waals surface area contributed by atoms with Crippen LogP contribution in [0.25, 0.3) is 0 Å². The summed E-state index contributed by atoms with van der Waals surface area (Å²) >= 11 is 0. The third-order valence-corrected chi connectivity index (χ3v) is 7.14. The summed E-state index contributed by atoms with van der Waals surface area (Å²) in [6, 6.07) is 8.73. The number of alkyl halides is 3. The molecule has 2 aliphatic rings. The Hall–Kier alpha value is -3.61. The number of rotatable bonds is 3. The molecule has 0 aliphatic carbocycles. The average Bonchev–Trinajstić information content (AvgIpc) is 3.21. The number of hydrogen-bond donors (Lipinski definition) is 0. The molecule has 2 fully saturated rings. The molecule has 1 aromatic heterocycles. The first-order valence-corrected chi connectivity index (χ1v) is 11.3. The molecule has 1 aromatic carbocycles. The van der Waals surface area contributed by atoms with Gasteiger partial charge in [-0.05, 0) is 43.2 Å². The first-order valence-electron chi connectivity index (χ1n) is 11.3. The van der Waals surface area contributed by atoms with Gasteiger partial charge in [0.2, 0.25) is 5.91 Å². The molecule has 2 aromatic rings. The number of carbonyl (C=O) groups is 2. The number of piperidine rings is 1. The Balaban J connectivity index is 1.57. The van der Waals surface area contributed by atoms with E-state index in [1.165, 1.54) is 23.2 Å². The fraction of sp³-hybridized carbons (Fsp3) is 0.440. The van der Waals surface area contributed by atoms with Crippen LogP contribution in [0, 0.1) is 22.7 Å². The van der Waals surface area contributed by atoms with Crippen LogP contribution in [0.2, 0.25) is 0 Å². The Morgan fingerprint density at radius 2 is 1.91 bits per heavy atom. The fourth-order valence-corrected chi connectivity index (χ4v) is 5.22. The molecule has 2 amide bonds. The third kappa shape index (κ3) is 4.67. The second kappa shape index (κ2) is 9.21. The first-order chi connectivity index (χ1) is 16.6. The van der Waals surface area contributed by atoms with Gasteiger partial charge in [0.25, 0.3) is 5.91 Å². The first kappa shape index (κ1) is 24.5. The Morgan fingerprint density at radius 1 is 1.20 bits per heavy atom. The van der Waals surface area contributed by atoms with Crippen molar-refractivity contribution in [1.82, 2.24) is 14.8 Å². The molecule has 4 rings (SSSR count). The molecule has 0 N–H and O–H groups in total. The molecular formula is C25H26F3N5O2. The zero-order valence-electron chi connectivity index (χ0n) is 19.5. The van der Waals surface area contributed by atoms with Crippen molar-refractivity contribution in [2.24, 2.45) is 11.3 Å². The molecule has 1 atom stereocenters. The van der Waals surface area contributed by atoms with Crippen LogP contribution in [-0.2, 0) is 11.0 Å². The van der Waals surface area contributed by atoms with E-state index >= 15 is 0 Å². The van der Waals surface area contributed by atoms with Crippen LogP contribution in [-0.4, -0.2) is 66.9 Å². The van der Waals surface area contributed by atoms with Gasteiger partial charge in [0.05, 0.1) is 28.7 Å². The van der Waals surface area contributed by atoms with Gasteiger partial charge in [0.1, 0.15) is 0 Å². The number of benzene rings is 1. The maximum atomic E-state index is 13.4. The highest BCUT2D eigenvalue weighted by Crippen LogP contribution is 2.47. The predicted molar refractivity (Wildman–Crippen MR) is 122 cm³/mol. The Labute approximate surface area is 201 Å². The highest BCUT2D eigenvalue weighted by Gasteiger charge is 2.52. The molecule has 1 unspecified atom stereocenters. The number of amides is 2. The van der Waals surface area contributed by atoms with Crippen molar-refractivity contribution in [2.45, 2.75) is 19.0 Å². The fourth-order valence-electron chi connectivity index (χ4n) is 5.22. The molecule has 184 valence electrons. The minimum atomic E-state index is -4.63. The molecular weight excluding hydrogens is 459 g/mol. The average molecular weight is 486 g/mol. The lowest BCUT2D eigenvalue weighted by molar-refractivity contribution is -0.138. The number of hydrogen-bond acceptors (Lipinski definition) is 5. The highest BCUT2D eigenvalue weighted by atomic mass is 19.4. The lowest BCUT2D eigenvalue weighted by Crippen LogP contribution is -2.48. The van der Waals surface area contributed by atoms with Gasteiger partial charge in [0.15, 0.2) is 0 Å². The summed E-state index contributed by atoms with van der Waals surface area (Å²) in [4.78, 5) is 35.3. The van der Waals surface area contributed by atoms with Crippen LogP contribution in [0.1, 0.15) is 34.3 Å². The van der Waals surface area contributed by atoms with Gasteiger partial charge in [-0.1, -0.05) is 0 Å². The third-order valence-electron chi connectivity index (χ3n) is 7.14. The van der Waals surface area contributed by atoms with E-state index in [-0.39, 0.29) is 11.8 Å². The van der Waals surface area contributed by atoms with E-state index in [2.05, 4.69) is 4.98 Å². The van der Waals surface area contributed by atoms with E-state index in [0.29, 0.717) is 50.3 Å². The molecule has 10 heteroatoms. The number of pyridine rings is 1. The highest BCUT2D eigenvalue weighted by molar-refractivity contribution is 5.95. The SMILES string of the molecule is CN(C)C(=O)C1CN(C(=O)c2cccnc2)CC12CCN(c1ccc(C#N)c(C(F)(F)F)c1)CC2. The van der Waals surface area contributed by atoms with Gasteiger partial charge in [-0.2, -0.15) is 18.4 Å². The largest absolute Gasteiger partial charge is 0.417 e. The van der Waals surface area contributed by atoms with Crippen molar-refractivity contribution in [1.29, 1.82) is 5.26 Å². The van der Waals surface area contributed by atoms with E-state index in [4.69, 9.17) is 5.26 Å². The number of carbonyl (C=O) groups excluding carboxylic acids is 2. The van der Waals surface area contributed by atoms with Gasteiger partial charge in [-0.15, -0.1) is 0 Å². The summed E-state index contributed by atoms with van der Waals surface area (Å²) in [5, 5.41) is 9.06. The smallest absolute Gasteiger partial charge is 0.371 e. The van der Waals surface area contributed by atoms with Gasteiger partial charge in [-0.25, -0.2) is 0 Å². The molecule has 0 bridgehead atoms. The van der Waals surface area contributed by atoms with Crippen molar-refractivity contribution in [3.05, 3.63) is 59.4 Å². The van der Waals surface area contributed by atoms with E-state index in [1.54, 1.807) is 43.4 Å². The molecule has 1 spiro atoms. The second-order valence-corrected chi connectivity index (χ2v) is 9.40. The monoisotopic (exact) mass is 485 g/mol. The topological polar surface area (TPSA) is 80.5 Å². The van der Waals surface area contributed by atoms with Crippen LogP contribution in [0.3, 0.4) is 0 Å². The van der Waals surface area contributed by atoms with Gasteiger partial charge in [-0.3, -0.25) is 14.6 Å². The van der Waals surface area contributed by atoms with Crippen molar-refractivity contribution in [3.63, 3.8) is 0 Å². The van der Waals surface area contributed by atoms with Gasteiger partial charge in [0, 0.05) is 63.8 Å². The molecule has 0 radical (unpaired) electrons. The molecule has 0 saturated carbocycles. The summed E-state index contributed by atoms with van der Waals surface area (Å²) in [6.07, 6.45) is -0.434. The number of anilines is 1. The summed E-state index contributed by atoms with van der Waals surface area (Å²) in [5.74, 6) is -0.638. The number of aromatic nitrogens is 1. The van der Waals surface area contributed by atoms with Crippen molar-refractivity contribution in [3.8, 4) is 6.07 Å². The van der Waals surface area contributed by atoms with E-state index in [1.807, 2.05) is 4.90 Å². The van der Waals surface area contributed by atoms with E-state index < -0.39 is 28.6 Å². The standard InChI is InChI=1S/C25H26F3N5O2/c1-31(2)23(35)21-15-33(22(34)18-4-3-9-30-14-18)16-24(21)7-10-32(11-8-24)19-6-5-17(13-29)20(12-19)25(26,27)28/h3-6,9,12,14,21H,7-8,10-11,15-16H2,1-2H3. The van der Waals surface area contributed by atoms with E-state index in [9.17, 15) is 22.8 Å². The zero-order chi connectivity index (χ0) is 25.4. The number of halogens is 3. The molecule has 7 nitrogen and oxygen atoms in total. The minimum absolute atomic E-state index is 0.0577. The van der Waals surface area contributed by atoms with Crippen molar-refractivity contribution in [2.75, 3.05) is 45.2 Å². The zero-order valence-corrected chi connectivity index (χ0v) is 19.5. The molecule has 2 aliphatic heterocycles. The summed E-state index contributed by atoms with van der Waals surface area (Å²) in [6.45, 7) is 1.57. The predicted octanol–water partition coefficient (Wildman–Crippen LogP) is 3.42. The van der Waals surface area contributed by atoms with Crippen molar-refractivity contribution >= 4 is 17.5 Å². The lowest BCUT2D eigenvalue weighted by atomic mass is 9.70. The Kier molecular flexibility index (Phi) is 6.45. The Bertz CT molecular complexity index is 1150. The summed E-state index contributed by atoms with van der Waals surface area (Å²) in [5.41, 5.74) is -0.979. The normalized spacial score (nSPS) is 19.5. The van der Waals surface area contributed by atoms with Crippen LogP contribution >= 0.6 is 0 Å². The van der Waals surface area contributed by atoms with Gasteiger partial charge < -0.3 is 14.7 Å². The maximum absolute atomic E-state index is 13.4. The molecule has 35 heavy (non-hydrogen) atoms. The quantitative estimate of drug-likeness (QED) is 0.666. The number of nitrogens with zero attached hydrogens (tertiary/aromatic N) is 5. The Morgan fingerprint density at radius 3 is 2.49 bits per heavy atom. The summed E-state index contributed by atoms with van der Waals surface area (Å²) < 4.78 is 40.3. The summed E-state index contributed by atoms with van der Waals surface area (Å²) in [7, 11) is 3.37. The van der Waals surface area contributed by atoms with Gasteiger partial charge >= 0.3 is 6.18 Å². The maximum Gasteiger partial charge on any atom is 0.417 e. The van der Waals surface area contributed by atoms with Crippen LogP contribution in [0.5, 0.6) is 0 Å². The van der Waals surface area contributed by atoms with Crippen molar-refractivity contribution < 1.29 is 22.8 Å². The van der Waals surface area contributed by atoms with E-state index in [0.717, 1.165) is 6.07 Å².